The number of carbonyl (C=O) groups excluding carboxylic acids is 1. The molecule has 0 saturated heterocycles. The molecule has 1 atom stereocenters. The Hall–Kier alpha value is -1.66. The lowest BCUT2D eigenvalue weighted by Crippen LogP contribution is -2.44. The molecule has 0 spiro atoms. The number of amides is 1. The Morgan fingerprint density at radius 1 is 1.61 bits per heavy atom. The van der Waals surface area contributed by atoms with Gasteiger partial charge in [0.25, 0.3) is 5.91 Å². The second-order valence-electron chi connectivity index (χ2n) is 3.95. The Morgan fingerprint density at radius 2 is 2.39 bits per heavy atom. The fourth-order valence-electron chi connectivity index (χ4n) is 1.79. The van der Waals surface area contributed by atoms with Crippen LogP contribution in [0.1, 0.15) is 0 Å². The Labute approximate surface area is 104 Å². The number of methoxy groups -OCH3 is 1. The van der Waals surface area contributed by atoms with Gasteiger partial charge in [-0.3, -0.25) is 4.79 Å². The van der Waals surface area contributed by atoms with Crippen molar-refractivity contribution in [3.05, 3.63) is 24.0 Å². The van der Waals surface area contributed by atoms with Gasteiger partial charge in [-0.2, -0.15) is 0 Å². The molecule has 0 fully saturated rings. The molecular formula is C12H14FNO4. The molecule has 0 unspecified atom stereocenters. The molecule has 1 aromatic carbocycles. The zero-order chi connectivity index (χ0) is 13.1. The van der Waals surface area contributed by atoms with E-state index >= 15 is 0 Å². The van der Waals surface area contributed by atoms with E-state index in [0.29, 0.717) is 11.4 Å². The lowest BCUT2D eigenvalue weighted by Gasteiger charge is -2.31. The molecule has 0 aliphatic carbocycles. The molecule has 0 bridgehead atoms. The number of halogens is 1. The van der Waals surface area contributed by atoms with Crippen LogP contribution in [0.5, 0.6) is 5.75 Å². The summed E-state index contributed by atoms with van der Waals surface area (Å²) >= 11 is 0. The first kappa shape index (κ1) is 12.8. The van der Waals surface area contributed by atoms with Gasteiger partial charge in [-0.05, 0) is 12.1 Å². The number of aliphatic hydroxyl groups is 1. The summed E-state index contributed by atoms with van der Waals surface area (Å²) in [6.07, 6.45) is -0.482. The van der Waals surface area contributed by atoms with Crippen molar-refractivity contribution in [1.82, 2.24) is 0 Å². The first-order valence-electron chi connectivity index (χ1n) is 5.52. The van der Waals surface area contributed by atoms with Crippen molar-refractivity contribution in [3.63, 3.8) is 0 Å². The molecule has 5 nitrogen and oxygen atoms in total. The summed E-state index contributed by atoms with van der Waals surface area (Å²) in [6, 6.07) is 3.97. The monoisotopic (exact) mass is 255 g/mol. The summed E-state index contributed by atoms with van der Waals surface area (Å²) in [4.78, 5) is 13.2. The number of benzene rings is 1. The summed E-state index contributed by atoms with van der Waals surface area (Å²) in [7, 11) is 1.46. The highest BCUT2D eigenvalue weighted by atomic mass is 19.1. The highest BCUT2D eigenvalue weighted by Gasteiger charge is 2.27. The lowest BCUT2D eigenvalue weighted by molar-refractivity contribution is -0.121. The number of fused-ring (bicyclic) bond motifs is 1. The zero-order valence-electron chi connectivity index (χ0n) is 9.93. The van der Waals surface area contributed by atoms with Crippen molar-refractivity contribution in [3.8, 4) is 5.75 Å². The van der Waals surface area contributed by atoms with Crippen LogP contribution >= 0.6 is 0 Å². The highest BCUT2D eigenvalue weighted by Crippen LogP contribution is 2.32. The van der Waals surface area contributed by atoms with Crippen LogP contribution < -0.4 is 9.64 Å². The van der Waals surface area contributed by atoms with Crippen LogP contribution in [0.3, 0.4) is 0 Å². The second kappa shape index (κ2) is 5.32. The van der Waals surface area contributed by atoms with Crippen LogP contribution in [-0.4, -0.2) is 44.0 Å². The summed E-state index contributed by atoms with van der Waals surface area (Å²) in [5, 5.41) is 9.08. The van der Waals surface area contributed by atoms with Crippen LogP contribution in [0.4, 0.5) is 10.1 Å². The maximum atomic E-state index is 13.1. The van der Waals surface area contributed by atoms with E-state index in [0.717, 1.165) is 0 Å². The molecule has 1 amide bonds. The standard InChI is InChI=1S/C12H14FNO4/c1-17-9(6-15)5-14-10-3-2-8(13)4-11(10)18-7-12(14)16/h2-4,9,15H,5-7H2,1H3/t9-/m1/s1. The van der Waals surface area contributed by atoms with E-state index in [2.05, 4.69) is 0 Å². The SMILES string of the molecule is CO[C@@H](CO)CN1C(=O)COc2cc(F)ccc21. The number of carbonyl (C=O) groups is 1. The summed E-state index contributed by atoms with van der Waals surface area (Å²) < 4.78 is 23.3. The van der Waals surface area contributed by atoms with Gasteiger partial charge in [0.15, 0.2) is 6.61 Å². The fraction of sp³-hybridized carbons (Fsp3) is 0.417. The molecule has 2 rings (SSSR count). The number of anilines is 1. The van der Waals surface area contributed by atoms with Gasteiger partial charge in [0.2, 0.25) is 0 Å². The van der Waals surface area contributed by atoms with Gasteiger partial charge in [-0.15, -0.1) is 0 Å². The van der Waals surface area contributed by atoms with E-state index in [-0.39, 0.29) is 25.7 Å². The smallest absolute Gasteiger partial charge is 0.265 e. The van der Waals surface area contributed by atoms with Crippen LogP contribution in [0, 0.1) is 5.82 Å². The lowest BCUT2D eigenvalue weighted by atomic mass is 10.2. The number of hydrogen-bond acceptors (Lipinski definition) is 4. The molecule has 1 aliphatic heterocycles. The minimum absolute atomic E-state index is 0.141. The quantitative estimate of drug-likeness (QED) is 0.854. The minimum Gasteiger partial charge on any atom is -0.481 e. The van der Waals surface area contributed by atoms with Crippen molar-refractivity contribution >= 4 is 11.6 Å². The molecule has 0 radical (unpaired) electrons. The molecule has 0 aromatic heterocycles. The van der Waals surface area contributed by atoms with E-state index in [1.165, 1.54) is 30.2 Å². The van der Waals surface area contributed by atoms with Gasteiger partial charge in [0.05, 0.1) is 24.9 Å². The van der Waals surface area contributed by atoms with Crippen LogP contribution in [0.25, 0.3) is 0 Å². The summed E-state index contributed by atoms with van der Waals surface area (Å²) in [5.74, 6) is -0.347. The largest absolute Gasteiger partial charge is 0.481 e. The summed E-state index contributed by atoms with van der Waals surface area (Å²) in [5.41, 5.74) is 0.489. The number of nitrogens with zero attached hydrogens (tertiary/aromatic N) is 1. The van der Waals surface area contributed by atoms with Gasteiger partial charge in [-0.1, -0.05) is 0 Å². The molecule has 0 saturated carbocycles. The first-order chi connectivity index (χ1) is 8.65. The Kier molecular flexibility index (Phi) is 3.78. The van der Waals surface area contributed by atoms with E-state index in [9.17, 15) is 9.18 Å². The average molecular weight is 255 g/mol. The van der Waals surface area contributed by atoms with Crippen LogP contribution in [0.2, 0.25) is 0 Å². The second-order valence-corrected chi connectivity index (χ2v) is 3.95. The normalized spacial score (nSPS) is 16.2. The van der Waals surface area contributed by atoms with E-state index in [1.807, 2.05) is 0 Å². The van der Waals surface area contributed by atoms with Gasteiger partial charge >= 0.3 is 0 Å². The number of ether oxygens (including phenoxy) is 2. The third-order valence-corrected chi connectivity index (χ3v) is 2.79. The van der Waals surface area contributed by atoms with Crippen LogP contribution in [0.15, 0.2) is 18.2 Å². The van der Waals surface area contributed by atoms with E-state index < -0.39 is 11.9 Å². The topological polar surface area (TPSA) is 59.0 Å². The Balaban J connectivity index is 2.27. The fourth-order valence-corrected chi connectivity index (χ4v) is 1.79. The molecule has 1 aromatic rings. The third kappa shape index (κ3) is 2.44. The minimum atomic E-state index is -0.482. The van der Waals surface area contributed by atoms with E-state index in [4.69, 9.17) is 14.6 Å². The molecule has 1 heterocycles. The van der Waals surface area contributed by atoms with Crippen molar-refractivity contribution in [2.45, 2.75) is 6.10 Å². The summed E-state index contributed by atoms with van der Waals surface area (Å²) in [6.45, 7) is -0.135. The third-order valence-electron chi connectivity index (χ3n) is 2.79. The first-order valence-corrected chi connectivity index (χ1v) is 5.52. The zero-order valence-corrected chi connectivity index (χ0v) is 9.93. The molecule has 18 heavy (non-hydrogen) atoms. The van der Waals surface area contributed by atoms with Crippen molar-refractivity contribution in [2.24, 2.45) is 0 Å². The molecule has 1 aliphatic rings. The Bertz CT molecular complexity index is 448. The van der Waals surface area contributed by atoms with Crippen molar-refractivity contribution < 1.29 is 23.8 Å². The maximum Gasteiger partial charge on any atom is 0.265 e. The van der Waals surface area contributed by atoms with E-state index in [1.54, 1.807) is 0 Å². The van der Waals surface area contributed by atoms with Crippen LogP contribution in [-0.2, 0) is 9.53 Å². The van der Waals surface area contributed by atoms with Gasteiger partial charge in [0, 0.05) is 13.2 Å². The molecule has 1 N–H and O–H groups in total. The Morgan fingerprint density at radius 3 is 3.06 bits per heavy atom. The number of hydrogen-bond donors (Lipinski definition) is 1. The van der Waals surface area contributed by atoms with Crippen molar-refractivity contribution in [1.29, 1.82) is 0 Å². The predicted octanol–water partition coefficient (Wildman–Crippen LogP) is 0.558. The van der Waals surface area contributed by atoms with Gasteiger partial charge in [-0.25, -0.2) is 4.39 Å². The van der Waals surface area contributed by atoms with Crippen molar-refractivity contribution in [2.75, 3.05) is 31.8 Å². The average Bonchev–Trinajstić information content (AvgIpc) is 2.38. The number of aliphatic hydroxyl groups excluding tert-OH is 1. The number of rotatable bonds is 4. The highest BCUT2D eigenvalue weighted by molar-refractivity contribution is 5.97. The molecule has 98 valence electrons. The van der Waals surface area contributed by atoms with Gasteiger partial charge in [0.1, 0.15) is 11.6 Å². The van der Waals surface area contributed by atoms with Gasteiger partial charge < -0.3 is 19.5 Å². The predicted molar refractivity (Wildman–Crippen MR) is 62.1 cm³/mol. The molecule has 6 heteroatoms. The molecular weight excluding hydrogens is 241 g/mol. The maximum absolute atomic E-state index is 13.1.